The zero-order valence-electron chi connectivity index (χ0n) is 15.6. The maximum absolute atomic E-state index is 12.5. The Morgan fingerprint density at radius 2 is 1.96 bits per heavy atom. The number of fused-ring (bicyclic) bond motifs is 1. The maximum atomic E-state index is 12.5. The number of hydrogen-bond donors (Lipinski definition) is 0. The average Bonchev–Trinajstić information content (AvgIpc) is 2.98. The molecule has 0 bridgehead atoms. The highest BCUT2D eigenvalue weighted by molar-refractivity contribution is 7.98. The van der Waals surface area contributed by atoms with E-state index in [1.165, 1.54) is 17.6 Å². The van der Waals surface area contributed by atoms with Crippen molar-refractivity contribution in [3.8, 4) is 0 Å². The Morgan fingerprint density at radius 1 is 1.25 bits per heavy atom. The number of benzene rings is 2. The monoisotopic (exact) mass is 432 g/mol. The van der Waals surface area contributed by atoms with E-state index in [2.05, 4.69) is 11.6 Å². The Bertz CT molecular complexity index is 1200. The lowest BCUT2D eigenvalue weighted by Gasteiger charge is -2.02. The second kappa shape index (κ2) is 8.46. The van der Waals surface area contributed by atoms with E-state index >= 15 is 0 Å². The Hall–Kier alpha value is -2.16. The molecule has 0 saturated heterocycles. The second-order valence-corrected chi connectivity index (χ2v) is 10.1. The number of sulfone groups is 1. The zero-order chi connectivity index (χ0) is 20.3. The van der Waals surface area contributed by atoms with Crippen LogP contribution in [0.1, 0.15) is 5.56 Å². The molecule has 3 rings (SSSR count). The first kappa shape index (κ1) is 20.6. The Morgan fingerprint density at radius 3 is 2.57 bits per heavy atom. The standard InChI is InChI=1S/C20H20N2O3S3/c1-4-11-22-17-10-9-16(28(3,24)25)13-18(17)27-20(22)21-19(23)12-14-5-7-15(26-2)8-6-14/h4-10,13H,1,11-12H2,2-3H3. The summed E-state index contributed by atoms with van der Waals surface area (Å²) in [5, 5.41) is 0. The fraction of sp³-hybridized carbons (Fsp3) is 0.200. The third-order valence-electron chi connectivity index (χ3n) is 4.13. The number of thiazole rings is 1. The van der Waals surface area contributed by atoms with Crippen molar-refractivity contribution < 1.29 is 13.2 Å². The third-order valence-corrected chi connectivity index (χ3v) is 7.02. The number of nitrogens with zero attached hydrogens (tertiary/aromatic N) is 2. The lowest BCUT2D eigenvalue weighted by molar-refractivity contribution is -0.117. The quantitative estimate of drug-likeness (QED) is 0.440. The number of hydrogen-bond acceptors (Lipinski definition) is 5. The molecule has 0 fully saturated rings. The van der Waals surface area contributed by atoms with Crippen LogP contribution >= 0.6 is 23.1 Å². The molecule has 1 heterocycles. The molecule has 0 spiro atoms. The van der Waals surface area contributed by atoms with Crippen LogP contribution in [0.15, 0.2) is 69.9 Å². The van der Waals surface area contributed by atoms with E-state index in [-0.39, 0.29) is 17.2 Å². The molecule has 28 heavy (non-hydrogen) atoms. The average molecular weight is 433 g/mol. The van der Waals surface area contributed by atoms with Crippen LogP contribution in [0.4, 0.5) is 0 Å². The van der Waals surface area contributed by atoms with Gasteiger partial charge in [-0.1, -0.05) is 29.5 Å². The summed E-state index contributed by atoms with van der Waals surface area (Å²) in [5.74, 6) is -0.246. The molecule has 0 saturated carbocycles. The smallest absolute Gasteiger partial charge is 0.252 e. The van der Waals surface area contributed by atoms with Crippen LogP contribution in [-0.2, 0) is 27.6 Å². The summed E-state index contributed by atoms with van der Waals surface area (Å²) in [5.41, 5.74) is 1.73. The highest BCUT2D eigenvalue weighted by Gasteiger charge is 2.12. The van der Waals surface area contributed by atoms with Crippen LogP contribution in [-0.4, -0.2) is 31.4 Å². The molecule has 0 aliphatic carbocycles. The Kier molecular flexibility index (Phi) is 6.22. The summed E-state index contributed by atoms with van der Waals surface area (Å²) in [6.07, 6.45) is 5.12. The fourth-order valence-electron chi connectivity index (χ4n) is 2.74. The molecular formula is C20H20N2O3S3. The van der Waals surface area contributed by atoms with Gasteiger partial charge in [0.25, 0.3) is 5.91 Å². The van der Waals surface area contributed by atoms with Crippen LogP contribution in [0.2, 0.25) is 0 Å². The lowest BCUT2D eigenvalue weighted by atomic mass is 10.1. The van der Waals surface area contributed by atoms with E-state index in [1.54, 1.807) is 36.0 Å². The molecular weight excluding hydrogens is 412 g/mol. The molecule has 0 radical (unpaired) electrons. The molecule has 2 aromatic carbocycles. The van der Waals surface area contributed by atoms with Crippen molar-refractivity contribution >= 4 is 49.1 Å². The van der Waals surface area contributed by atoms with E-state index in [4.69, 9.17) is 0 Å². The minimum absolute atomic E-state index is 0.214. The van der Waals surface area contributed by atoms with Gasteiger partial charge in [-0.05, 0) is 42.2 Å². The summed E-state index contributed by atoms with van der Waals surface area (Å²) in [4.78, 5) is 18.7. The lowest BCUT2D eigenvalue weighted by Crippen LogP contribution is -2.16. The molecule has 0 atom stereocenters. The molecule has 0 unspecified atom stereocenters. The van der Waals surface area contributed by atoms with E-state index in [1.807, 2.05) is 35.1 Å². The predicted molar refractivity (Wildman–Crippen MR) is 116 cm³/mol. The van der Waals surface area contributed by atoms with Gasteiger partial charge >= 0.3 is 0 Å². The van der Waals surface area contributed by atoms with Gasteiger partial charge in [-0.2, -0.15) is 4.99 Å². The summed E-state index contributed by atoms with van der Waals surface area (Å²) in [7, 11) is -3.30. The van der Waals surface area contributed by atoms with Crippen molar-refractivity contribution in [2.24, 2.45) is 4.99 Å². The van der Waals surface area contributed by atoms with Crippen LogP contribution in [0.5, 0.6) is 0 Å². The van der Waals surface area contributed by atoms with Crippen molar-refractivity contribution in [2.75, 3.05) is 12.5 Å². The maximum Gasteiger partial charge on any atom is 0.252 e. The SMILES string of the molecule is C=CCn1c(=NC(=O)Cc2ccc(SC)cc2)sc2cc(S(C)(=O)=O)ccc21. The van der Waals surface area contributed by atoms with Crippen molar-refractivity contribution in [3.05, 3.63) is 65.5 Å². The van der Waals surface area contributed by atoms with Gasteiger partial charge in [0.05, 0.1) is 21.5 Å². The van der Waals surface area contributed by atoms with Gasteiger partial charge in [-0.25, -0.2) is 8.42 Å². The van der Waals surface area contributed by atoms with Gasteiger partial charge in [-0.15, -0.1) is 18.3 Å². The van der Waals surface area contributed by atoms with Gasteiger partial charge in [-0.3, -0.25) is 4.79 Å². The van der Waals surface area contributed by atoms with Gasteiger partial charge in [0.15, 0.2) is 14.6 Å². The minimum Gasteiger partial charge on any atom is -0.313 e. The first-order valence-electron chi connectivity index (χ1n) is 8.46. The number of carbonyl (C=O) groups is 1. The molecule has 0 aliphatic rings. The molecule has 1 amide bonds. The predicted octanol–water partition coefficient (Wildman–Crippen LogP) is 3.68. The largest absolute Gasteiger partial charge is 0.313 e. The molecule has 1 aromatic heterocycles. The molecule has 8 heteroatoms. The molecule has 3 aromatic rings. The van der Waals surface area contributed by atoms with E-state index in [0.717, 1.165) is 20.7 Å². The van der Waals surface area contributed by atoms with Gasteiger partial charge in [0, 0.05) is 17.7 Å². The number of aromatic nitrogens is 1. The highest BCUT2D eigenvalue weighted by atomic mass is 32.2. The van der Waals surface area contributed by atoms with Gasteiger partial charge in [0.1, 0.15) is 0 Å². The first-order chi connectivity index (χ1) is 13.3. The second-order valence-electron chi connectivity index (χ2n) is 6.22. The van der Waals surface area contributed by atoms with Crippen molar-refractivity contribution in [3.63, 3.8) is 0 Å². The summed E-state index contributed by atoms with van der Waals surface area (Å²) in [6, 6.07) is 12.8. The first-order valence-corrected chi connectivity index (χ1v) is 12.4. The Labute approximate surface area is 172 Å². The summed E-state index contributed by atoms with van der Waals surface area (Å²) in [6.45, 7) is 4.24. The molecule has 146 valence electrons. The number of carbonyl (C=O) groups excluding carboxylic acids is 1. The summed E-state index contributed by atoms with van der Waals surface area (Å²) >= 11 is 2.95. The van der Waals surface area contributed by atoms with Crippen molar-refractivity contribution in [1.29, 1.82) is 0 Å². The van der Waals surface area contributed by atoms with Gasteiger partial charge in [0.2, 0.25) is 0 Å². The van der Waals surface area contributed by atoms with Crippen molar-refractivity contribution in [2.45, 2.75) is 22.8 Å². The van der Waals surface area contributed by atoms with Crippen molar-refractivity contribution in [1.82, 2.24) is 4.57 Å². The third kappa shape index (κ3) is 4.63. The number of rotatable bonds is 6. The topological polar surface area (TPSA) is 68.5 Å². The number of amides is 1. The molecule has 0 aliphatic heterocycles. The fourth-order valence-corrected chi connectivity index (χ4v) is 4.97. The van der Waals surface area contributed by atoms with E-state index < -0.39 is 9.84 Å². The van der Waals surface area contributed by atoms with Crippen LogP contribution < -0.4 is 4.80 Å². The van der Waals surface area contributed by atoms with E-state index in [9.17, 15) is 13.2 Å². The molecule has 0 N–H and O–H groups in total. The molecule has 5 nitrogen and oxygen atoms in total. The zero-order valence-corrected chi connectivity index (χ0v) is 18.0. The van der Waals surface area contributed by atoms with Gasteiger partial charge < -0.3 is 4.57 Å². The van der Waals surface area contributed by atoms with Crippen LogP contribution in [0.25, 0.3) is 10.2 Å². The van der Waals surface area contributed by atoms with E-state index in [0.29, 0.717) is 11.3 Å². The highest BCUT2D eigenvalue weighted by Crippen LogP contribution is 2.22. The van der Waals surface area contributed by atoms with Crippen LogP contribution in [0.3, 0.4) is 0 Å². The normalized spacial score (nSPS) is 12.4. The summed E-state index contributed by atoms with van der Waals surface area (Å²) < 4.78 is 26.3. The van der Waals surface area contributed by atoms with Crippen LogP contribution in [0, 0.1) is 0 Å². The number of allylic oxidation sites excluding steroid dienone is 1. The Balaban J connectivity index is 2.00. The minimum atomic E-state index is -3.30. The number of thioether (sulfide) groups is 1.